The van der Waals surface area contributed by atoms with Crippen LogP contribution in [0.15, 0.2) is 55.1 Å². The molecule has 0 N–H and O–H groups in total. The average molecular weight is 382 g/mol. The zero-order valence-corrected chi connectivity index (χ0v) is 15.3. The normalized spacial score (nSPS) is 16.9. The molecule has 5 nitrogen and oxygen atoms in total. The second-order valence-electron chi connectivity index (χ2n) is 6.99. The molecule has 28 heavy (non-hydrogen) atoms. The molecular formula is C21H20F2N4O. The Bertz CT molecular complexity index is 974. The molecule has 144 valence electrons. The number of aromatic nitrogens is 3. The third kappa shape index (κ3) is 3.78. The minimum absolute atomic E-state index is 0.0923. The Morgan fingerprint density at radius 1 is 1.18 bits per heavy atom. The van der Waals surface area contributed by atoms with Crippen LogP contribution in [0.25, 0.3) is 0 Å². The van der Waals surface area contributed by atoms with Gasteiger partial charge in [0.1, 0.15) is 5.82 Å². The van der Waals surface area contributed by atoms with Gasteiger partial charge in [-0.15, -0.1) is 0 Å². The van der Waals surface area contributed by atoms with Gasteiger partial charge in [0.05, 0.1) is 6.54 Å². The molecule has 1 unspecified atom stereocenters. The number of pyridine rings is 1. The van der Waals surface area contributed by atoms with Crippen molar-refractivity contribution in [3.05, 3.63) is 83.7 Å². The Morgan fingerprint density at radius 3 is 2.86 bits per heavy atom. The van der Waals surface area contributed by atoms with E-state index in [0.717, 1.165) is 36.4 Å². The van der Waals surface area contributed by atoms with Crippen molar-refractivity contribution in [3.63, 3.8) is 0 Å². The van der Waals surface area contributed by atoms with E-state index in [-0.39, 0.29) is 17.4 Å². The molecule has 1 atom stereocenters. The molecule has 0 spiro atoms. The number of likely N-dealkylation sites (tertiary alicyclic amines) is 1. The fourth-order valence-electron chi connectivity index (χ4n) is 3.69. The zero-order chi connectivity index (χ0) is 19.5. The van der Waals surface area contributed by atoms with Gasteiger partial charge in [-0.2, -0.15) is 0 Å². The van der Waals surface area contributed by atoms with Crippen molar-refractivity contribution >= 4 is 5.91 Å². The van der Waals surface area contributed by atoms with Gasteiger partial charge < -0.3 is 9.47 Å². The summed E-state index contributed by atoms with van der Waals surface area (Å²) in [5.74, 6) is -1.23. The second-order valence-corrected chi connectivity index (χ2v) is 6.99. The molecular weight excluding hydrogens is 362 g/mol. The first-order valence-corrected chi connectivity index (χ1v) is 9.26. The summed E-state index contributed by atoms with van der Waals surface area (Å²) in [5, 5.41) is 0. The van der Waals surface area contributed by atoms with Crippen LogP contribution in [0.2, 0.25) is 0 Å². The van der Waals surface area contributed by atoms with E-state index in [2.05, 4.69) is 14.5 Å². The van der Waals surface area contributed by atoms with Crippen molar-refractivity contribution in [2.75, 3.05) is 13.1 Å². The lowest BCUT2D eigenvalue weighted by Gasteiger charge is -2.32. The monoisotopic (exact) mass is 382 g/mol. The van der Waals surface area contributed by atoms with E-state index >= 15 is 0 Å². The number of rotatable bonds is 4. The molecule has 0 saturated carbocycles. The van der Waals surface area contributed by atoms with E-state index < -0.39 is 11.6 Å². The van der Waals surface area contributed by atoms with Crippen LogP contribution in [0.5, 0.6) is 0 Å². The molecule has 1 fully saturated rings. The van der Waals surface area contributed by atoms with Crippen molar-refractivity contribution in [3.8, 4) is 0 Å². The van der Waals surface area contributed by atoms with Crippen molar-refractivity contribution in [1.29, 1.82) is 0 Å². The lowest BCUT2D eigenvalue weighted by Crippen LogP contribution is -2.39. The maximum atomic E-state index is 13.5. The largest absolute Gasteiger partial charge is 0.338 e. The third-order valence-corrected chi connectivity index (χ3v) is 5.06. The maximum Gasteiger partial charge on any atom is 0.253 e. The number of nitrogens with zero attached hydrogens (tertiary/aromatic N) is 4. The summed E-state index contributed by atoms with van der Waals surface area (Å²) in [6, 6.07) is 7.19. The molecule has 1 saturated heterocycles. The smallest absolute Gasteiger partial charge is 0.253 e. The minimum atomic E-state index is -1.01. The average Bonchev–Trinajstić information content (AvgIpc) is 3.18. The first-order chi connectivity index (χ1) is 13.6. The highest BCUT2D eigenvalue weighted by Crippen LogP contribution is 2.27. The van der Waals surface area contributed by atoms with Gasteiger partial charge >= 0.3 is 0 Å². The molecule has 1 aromatic carbocycles. The van der Waals surface area contributed by atoms with Crippen LogP contribution in [-0.2, 0) is 6.54 Å². The van der Waals surface area contributed by atoms with Crippen LogP contribution in [-0.4, -0.2) is 38.4 Å². The number of amides is 1. The molecule has 0 aliphatic carbocycles. The van der Waals surface area contributed by atoms with E-state index in [1.807, 2.05) is 24.5 Å². The van der Waals surface area contributed by atoms with Crippen molar-refractivity contribution < 1.29 is 13.6 Å². The van der Waals surface area contributed by atoms with E-state index in [1.54, 1.807) is 17.3 Å². The number of hydrogen-bond donors (Lipinski definition) is 0. The van der Waals surface area contributed by atoms with Crippen molar-refractivity contribution in [1.82, 2.24) is 19.4 Å². The molecule has 3 heterocycles. The summed E-state index contributed by atoms with van der Waals surface area (Å²) in [4.78, 5) is 23.1. The molecule has 2 aromatic heterocycles. The van der Waals surface area contributed by atoms with Gasteiger partial charge in [0.15, 0.2) is 11.6 Å². The Kier molecular flexibility index (Phi) is 5.14. The van der Waals surface area contributed by atoms with Crippen LogP contribution in [0.1, 0.15) is 40.5 Å². The summed E-state index contributed by atoms with van der Waals surface area (Å²) < 4.78 is 28.7. The molecule has 7 heteroatoms. The summed E-state index contributed by atoms with van der Waals surface area (Å²) in [7, 11) is 0. The Hall–Kier alpha value is -3.09. The molecule has 0 bridgehead atoms. The first kappa shape index (κ1) is 18.3. The Morgan fingerprint density at radius 2 is 2.07 bits per heavy atom. The third-order valence-electron chi connectivity index (χ3n) is 5.06. The quantitative estimate of drug-likeness (QED) is 0.693. The standard InChI is InChI=1S/C21H20F2N4O/c22-18-6-5-16(11-19(18)23)21(28)27-9-2-4-17(14-27)20-25-8-10-26(20)13-15-3-1-7-24-12-15/h1,3,5-8,10-12,17H,2,4,9,13-14H2. The second kappa shape index (κ2) is 7.88. The van der Waals surface area contributed by atoms with Crippen LogP contribution >= 0.6 is 0 Å². The van der Waals surface area contributed by atoms with Gasteiger partial charge in [0.25, 0.3) is 5.91 Å². The number of carbonyl (C=O) groups is 1. The molecule has 3 aromatic rings. The molecule has 1 aliphatic rings. The van der Waals surface area contributed by atoms with Gasteiger partial charge in [-0.1, -0.05) is 6.07 Å². The highest BCUT2D eigenvalue weighted by molar-refractivity contribution is 5.94. The van der Waals surface area contributed by atoms with Gasteiger partial charge in [0.2, 0.25) is 0 Å². The predicted octanol–water partition coefficient (Wildman–Crippen LogP) is 3.62. The molecule has 4 rings (SSSR count). The fraction of sp³-hybridized carbons (Fsp3) is 0.286. The van der Waals surface area contributed by atoms with E-state index in [9.17, 15) is 13.6 Å². The first-order valence-electron chi connectivity index (χ1n) is 9.26. The Labute approximate surface area is 161 Å². The van der Waals surface area contributed by atoms with Crippen LogP contribution < -0.4 is 0 Å². The number of benzene rings is 1. The molecule has 1 aliphatic heterocycles. The number of carbonyl (C=O) groups excluding carboxylic acids is 1. The van der Waals surface area contributed by atoms with Gasteiger partial charge in [-0.05, 0) is 42.7 Å². The van der Waals surface area contributed by atoms with Crippen molar-refractivity contribution in [2.24, 2.45) is 0 Å². The summed E-state index contributed by atoms with van der Waals surface area (Å²) >= 11 is 0. The van der Waals surface area contributed by atoms with Gasteiger partial charge in [-0.3, -0.25) is 9.78 Å². The highest BCUT2D eigenvalue weighted by atomic mass is 19.2. The summed E-state index contributed by atoms with van der Waals surface area (Å²) in [6.07, 6.45) is 9.01. The van der Waals surface area contributed by atoms with Crippen molar-refractivity contribution in [2.45, 2.75) is 25.3 Å². The lowest BCUT2D eigenvalue weighted by molar-refractivity contribution is 0.0703. The minimum Gasteiger partial charge on any atom is -0.338 e. The number of piperidine rings is 1. The predicted molar refractivity (Wildman–Crippen MR) is 99.8 cm³/mol. The van der Waals surface area contributed by atoms with Crippen LogP contribution in [0.4, 0.5) is 8.78 Å². The number of hydrogen-bond acceptors (Lipinski definition) is 3. The number of halogens is 2. The summed E-state index contributed by atoms with van der Waals surface area (Å²) in [6.45, 7) is 1.76. The molecule has 1 amide bonds. The van der Waals surface area contributed by atoms with E-state index in [4.69, 9.17) is 0 Å². The van der Waals surface area contributed by atoms with E-state index in [0.29, 0.717) is 19.6 Å². The highest BCUT2D eigenvalue weighted by Gasteiger charge is 2.28. The van der Waals surface area contributed by atoms with Crippen LogP contribution in [0, 0.1) is 11.6 Å². The van der Waals surface area contributed by atoms with E-state index in [1.165, 1.54) is 6.07 Å². The molecule has 0 radical (unpaired) electrons. The lowest BCUT2D eigenvalue weighted by atomic mass is 9.96. The Balaban J connectivity index is 1.51. The van der Waals surface area contributed by atoms with Gasteiger partial charge in [0, 0.05) is 49.4 Å². The van der Waals surface area contributed by atoms with Crippen LogP contribution in [0.3, 0.4) is 0 Å². The number of imidazole rings is 1. The van der Waals surface area contributed by atoms with Gasteiger partial charge in [-0.25, -0.2) is 13.8 Å². The summed E-state index contributed by atoms with van der Waals surface area (Å²) in [5.41, 5.74) is 1.24. The SMILES string of the molecule is O=C(c1ccc(F)c(F)c1)N1CCCC(c2nccn2Cc2cccnc2)C1. The fourth-order valence-corrected chi connectivity index (χ4v) is 3.69. The topological polar surface area (TPSA) is 51.0 Å². The zero-order valence-electron chi connectivity index (χ0n) is 15.3. The maximum absolute atomic E-state index is 13.5.